The maximum absolute atomic E-state index is 9.17. The van der Waals surface area contributed by atoms with Crippen LogP contribution in [0.2, 0.25) is 0 Å². The Morgan fingerprint density at radius 3 is 1.81 bits per heavy atom. The first-order valence-corrected chi connectivity index (χ1v) is 5.12. The maximum Gasteiger partial charge on any atom is 0.115 e. The molecule has 2 rings (SSSR count). The van der Waals surface area contributed by atoms with Crippen molar-refractivity contribution in [3.63, 3.8) is 0 Å². The Hall–Kier alpha value is -2.09. The van der Waals surface area contributed by atoms with Gasteiger partial charge in [0.2, 0.25) is 0 Å². The summed E-state index contributed by atoms with van der Waals surface area (Å²) in [6.07, 6.45) is 0. The second kappa shape index (κ2) is 4.19. The minimum Gasteiger partial charge on any atom is -0.508 e. The zero-order valence-electron chi connectivity index (χ0n) is 9.07. The van der Waals surface area contributed by atoms with Crippen molar-refractivity contribution in [3.8, 4) is 5.75 Å². The SMILES string of the molecule is Cc1ccc(C(=N)c2ccc(O)cc2)cc1. The van der Waals surface area contributed by atoms with Crippen LogP contribution in [0, 0.1) is 12.3 Å². The largest absolute Gasteiger partial charge is 0.508 e. The minimum absolute atomic E-state index is 0.223. The second-order valence-corrected chi connectivity index (χ2v) is 3.79. The van der Waals surface area contributed by atoms with Crippen LogP contribution in [-0.2, 0) is 0 Å². The van der Waals surface area contributed by atoms with Crippen LogP contribution in [0.15, 0.2) is 48.5 Å². The van der Waals surface area contributed by atoms with Crippen LogP contribution in [0.4, 0.5) is 0 Å². The molecule has 0 amide bonds. The number of hydrogen-bond acceptors (Lipinski definition) is 2. The molecule has 0 bridgehead atoms. The lowest BCUT2D eigenvalue weighted by Crippen LogP contribution is -2.00. The van der Waals surface area contributed by atoms with E-state index in [0.717, 1.165) is 11.1 Å². The Morgan fingerprint density at radius 1 is 0.875 bits per heavy atom. The summed E-state index contributed by atoms with van der Waals surface area (Å²) in [5.74, 6) is 0.223. The summed E-state index contributed by atoms with van der Waals surface area (Å²) in [6.45, 7) is 2.02. The van der Waals surface area contributed by atoms with Crippen LogP contribution in [0.1, 0.15) is 16.7 Å². The van der Waals surface area contributed by atoms with Crippen molar-refractivity contribution in [1.82, 2.24) is 0 Å². The number of rotatable bonds is 2. The second-order valence-electron chi connectivity index (χ2n) is 3.79. The van der Waals surface area contributed by atoms with Gasteiger partial charge in [0.05, 0.1) is 5.71 Å². The lowest BCUT2D eigenvalue weighted by atomic mass is 10.0. The molecule has 0 heterocycles. The zero-order chi connectivity index (χ0) is 11.5. The molecule has 0 aliphatic heterocycles. The number of aromatic hydroxyl groups is 1. The molecule has 0 radical (unpaired) electrons. The molecule has 0 aliphatic rings. The molecule has 2 heteroatoms. The van der Waals surface area contributed by atoms with Crippen molar-refractivity contribution in [3.05, 3.63) is 65.2 Å². The molecular formula is C14H13NO. The smallest absolute Gasteiger partial charge is 0.115 e. The third kappa shape index (κ3) is 2.11. The molecule has 0 saturated carbocycles. The van der Waals surface area contributed by atoms with Crippen molar-refractivity contribution in [2.24, 2.45) is 0 Å². The monoisotopic (exact) mass is 211 g/mol. The van der Waals surface area contributed by atoms with Gasteiger partial charge in [0.15, 0.2) is 0 Å². The Kier molecular flexibility index (Phi) is 2.73. The summed E-state index contributed by atoms with van der Waals surface area (Å²) in [6, 6.07) is 14.5. The molecule has 2 aromatic rings. The number of nitrogens with one attached hydrogen (secondary N) is 1. The normalized spacial score (nSPS) is 10.1. The van der Waals surface area contributed by atoms with Crippen molar-refractivity contribution in [2.75, 3.05) is 0 Å². The molecular weight excluding hydrogens is 198 g/mol. The van der Waals surface area contributed by atoms with E-state index in [1.165, 1.54) is 5.56 Å². The average Bonchev–Trinajstić information content (AvgIpc) is 2.30. The standard InChI is InChI=1S/C14H13NO/c1-10-2-4-11(5-3-10)14(15)12-6-8-13(16)9-7-12/h2-9,15-16H,1H3. The number of phenols is 1. The van der Waals surface area contributed by atoms with Crippen LogP contribution in [-0.4, -0.2) is 10.8 Å². The summed E-state index contributed by atoms with van der Waals surface area (Å²) < 4.78 is 0. The van der Waals surface area contributed by atoms with Gasteiger partial charge >= 0.3 is 0 Å². The highest BCUT2D eigenvalue weighted by Gasteiger charge is 2.03. The Balaban J connectivity index is 2.32. The van der Waals surface area contributed by atoms with Crippen LogP contribution in [0.25, 0.3) is 0 Å². The van der Waals surface area contributed by atoms with Gasteiger partial charge in [-0.05, 0) is 31.2 Å². The molecule has 0 atom stereocenters. The molecule has 2 aromatic carbocycles. The maximum atomic E-state index is 9.17. The van der Waals surface area contributed by atoms with Crippen LogP contribution < -0.4 is 0 Å². The molecule has 0 aliphatic carbocycles. The highest BCUT2D eigenvalue weighted by atomic mass is 16.3. The third-order valence-corrected chi connectivity index (χ3v) is 2.50. The van der Waals surface area contributed by atoms with Crippen LogP contribution in [0.5, 0.6) is 5.75 Å². The van der Waals surface area contributed by atoms with Crippen LogP contribution >= 0.6 is 0 Å². The molecule has 0 fully saturated rings. The summed E-state index contributed by atoms with van der Waals surface area (Å²) in [4.78, 5) is 0. The summed E-state index contributed by atoms with van der Waals surface area (Å²) in [7, 11) is 0. The molecule has 0 unspecified atom stereocenters. The Bertz CT molecular complexity index is 450. The highest BCUT2D eigenvalue weighted by Crippen LogP contribution is 2.14. The summed E-state index contributed by atoms with van der Waals surface area (Å²) in [5.41, 5.74) is 3.35. The molecule has 0 spiro atoms. The fraction of sp³-hybridized carbons (Fsp3) is 0.0714. The van der Waals surface area contributed by atoms with E-state index < -0.39 is 0 Å². The fourth-order valence-corrected chi connectivity index (χ4v) is 1.51. The number of phenolic OH excluding ortho intramolecular Hbond substituents is 1. The predicted molar refractivity (Wildman–Crippen MR) is 65.2 cm³/mol. The van der Waals surface area contributed by atoms with Gasteiger partial charge in [-0.1, -0.05) is 29.8 Å². The topological polar surface area (TPSA) is 44.1 Å². The van der Waals surface area contributed by atoms with Gasteiger partial charge in [0, 0.05) is 11.1 Å². The van der Waals surface area contributed by atoms with Crippen molar-refractivity contribution in [2.45, 2.75) is 6.92 Å². The average molecular weight is 211 g/mol. The summed E-state index contributed by atoms with van der Waals surface area (Å²) >= 11 is 0. The van der Waals surface area contributed by atoms with Gasteiger partial charge in [0.25, 0.3) is 0 Å². The lowest BCUT2D eigenvalue weighted by Gasteiger charge is -2.04. The molecule has 80 valence electrons. The quantitative estimate of drug-likeness (QED) is 0.736. The van der Waals surface area contributed by atoms with Gasteiger partial charge in [-0.3, -0.25) is 5.41 Å². The molecule has 0 saturated heterocycles. The zero-order valence-corrected chi connectivity index (χ0v) is 9.07. The summed E-state index contributed by atoms with van der Waals surface area (Å²) in [5, 5.41) is 17.2. The number of aryl methyl sites for hydroxylation is 1. The van der Waals surface area contributed by atoms with E-state index in [4.69, 9.17) is 5.41 Å². The van der Waals surface area contributed by atoms with Gasteiger partial charge in [0.1, 0.15) is 5.75 Å². The van der Waals surface area contributed by atoms with E-state index in [2.05, 4.69) is 0 Å². The van der Waals surface area contributed by atoms with E-state index >= 15 is 0 Å². The third-order valence-electron chi connectivity index (χ3n) is 2.50. The Labute approximate surface area is 94.7 Å². The van der Waals surface area contributed by atoms with E-state index in [-0.39, 0.29) is 5.75 Å². The van der Waals surface area contributed by atoms with Crippen molar-refractivity contribution in [1.29, 1.82) is 5.41 Å². The minimum atomic E-state index is 0.223. The Morgan fingerprint density at radius 2 is 1.31 bits per heavy atom. The van der Waals surface area contributed by atoms with Crippen molar-refractivity contribution >= 4 is 5.71 Å². The highest BCUT2D eigenvalue weighted by molar-refractivity contribution is 6.10. The van der Waals surface area contributed by atoms with Gasteiger partial charge in [-0.15, -0.1) is 0 Å². The van der Waals surface area contributed by atoms with Crippen molar-refractivity contribution < 1.29 is 5.11 Å². The number of benzene rings is 2. The van der Waals surface area contributed by atoms with Gasteiger partial charge in [-0.2, -0.15) is 0 Å². The number of hydrogen-bond donors (Lipinski definition) is 2. The first kappa shape index (κ1) is 10.4. The molecule has 2 N–H and O–H groups in total. The first-order chi connectivity index (χ1) is 7.66. The van der Waals surface area contributed by atoms with Gasteiger partial charge in [-0.25, -0.2) is 0 Å². The van der Waals surface area contributed by atoms with E-state index in [0.29, 0.717) is 5.71 Å². The van der Waals surface area contributed by atoms with E-state index in [9.17, 15) is 5.11 Å². The molecule has 2 nitrogen and oxygen atoms in total. The fourth-order valence-electron chi connectivity index (χ4n) is 1.51. The predicted octanol–water partition coefficient (Wildman–Crippen LogP) is 3.12. The molecule has 0 aromatic heterocycles. The lowest BCUT2D eigenvalue weighted by molar-refractivity contribution is 0.475. The first-order valence-electron chi connectivity index (χ1n) is 5.12. The van der Waals surface area contributed by atoms with E-state index in [1.54, 1.807) is 24.3 Å². The molecule has 16 heavy (non-hydrogen) atoms. The van der Waals surface area contributed by atoms with E-state index in [1.807, 2.05) is 31.2 Å². The van der Waals surface area contributed by atoms with Crippen LogP contribution in [0.3, 0.4) is 0 Å². The van der Waals surface area contributed by atoms with Gasteiger partial charge < -0.3 is 5.11 Å².